The van der Waals surface area contributed by atoms with E-state index >= 15 is 0 Å². The Labute approximate surface area is 94.0 Å². The van der Waals surface area contributed by atoms with Crippen LogP contribution < -0.4 is 10.6 Å². The van der Waals surface area contributed by atoms with Gasteiger partial charge in [0, 0.05) is 18.6 Å². The number of hydrogen-bond donors (Lipinski definition) is 2. The van der Waals surface area contributed by atoms with Crippen LogP contribution in [0.1, 0.15) is 24.9 Å². The second kappa shape index (κ2) is 4.89. The summed E-state index contributed by atoms with van der Waals surface area (Å²) < 4.78 is 25.8. The lowest BCUT2D eigenvalue weighted by Gasteiger charge is -2.19. The van der Waals surface area contributed by atoms with Crippen LogP contribution in [0.3, 0.4) is 0 Å². The highest BCUT2D eigenvalue weighted by atomic mass is 19.2. The summed E-state index contributed by atoms with van der Waals surface area (Å²) in [5.74, 6) is -1.57. The summed E-state index contributed by atoms with van der Waals surface area (Å²) in [4.78, 5) is 0. The lowest BCUT2D eigenvalue weighted by Crippen LogP contribution is -2.33. The van der Waals surface area contributed by atoms with E-state index in [1.54, 1.807) is 6.07 Å². The van der Waals surface area contributed by atoms with Crippen LogP contribution in [0.4, 0.5) is 8.78 Å². The summed E-state index contributed by atoms with van der Waals surface area (Å²) in [6, 6.07) is 4.52. The first-order valence-corrected chi connectivity index (χ1v) is 5.58. The van der Waals surface area contributed by atoms with Crippen molar-refractivity contribution in [1.82, 2.24) is 10.6 Å². The molecule has 2 N–H and O–H groups in total. The molecule has 2 rings (SSSR count). The fourth-order valence-corrected chi connectivity index (χ4v) is 2.03. The van der Waals surface area contributed by atoms with E-state index in [-0.39, 0.29) is 6.04 Å². The Balaban J connectivity index is 2.02. The zero-order valence-electron chi connectivity index (χ0n) is 9.26. The molecule has 1 aromatic rings. The largest absolute Gasteiger partial charge is 0.315 e. The SMILES string of the molecule is CC(NC1CCNC1)c1ccc(F)c(F)c1. The normalized spacial score (nSPS) is 22.3. The molecule has 1 aliphatic rings. The molecule has 0 bridgehead atoms. The molecule has 16 heavy (non-hydrogen) atoms. The second-order valence-corrected chi connectivity index (χ2v) is 4.25. The van der Waals surface area contributed by atoms with Crippen molar-refractivity contribution in [1.29, 1.82) is 0 Å². The van der Waals surface area contributed by atoms with E-state index in [9.17, 15) is 8.78 Å². The predicted molar refractivity (Wildman–Crippen MR) is 59.2 cm³/mol. The van der Waals surface area contributed by atoms with Crippen molar-refractivity contribution in [2.45, 2.75) is 25.4 Å². The van der Waals surface area contributed by atoms with E-state index in [0.717, 1.165) is 25.1 Å². The average molecular weight is 226 g/mol. The van der Waals surface area contributed by atoms with Crippen LogP contribution in [0.2, 0.25) is 0 Å². The van der Waals surface area contributed by atoms with E-state index in [2.05, 4.69) is 10.6 Å². The van der Waals surface area contributed by atoms with E-state index in [1.165, 1.54) is 12.1 Å². The van der Waals surface area contributed by atoms with Crippen LogP contribution in [-0.2, 0) is 0 Å². The highest BCUT2D eigenvalue weighted by Gasteiger charge is 2.17. The number of hydrogen-bond acceptors (Lipinski definition) is 2. The van der Waals surface area contributed by atoms with Gasteiger partial charge in [-0.3, -0.25) is 0 Å². The van der Waals surface area contributed by atoms with Crippen molar-refractivity contribution in [3.8, 4) is 0 Å². The monoisotopic (exact) mass is 226 g/mol. The van der Waals surface area contributed by atoms with Gasteiger partial charge in [-0.2, -0.15) is 0 Å². The lowest BCUT2D eigenvalue weighted by atomic mass is 10.1. The van der Waals surface area contributed by atoms with E-state index in [0.29, 0.717) is 6.04 Å². The molecule has 0 aromatic heterocycles. The van der Waals surface area contributed by atoms with Crippen LogP contribution >= 0.6 is 0 Å². The third-order valence-corrected chi connectivity index (χ3v) is 2.99. The van der Waals surface area contributed by atoms with Crippen LogP contribution in [0, 0.1) is 11.6 Å². The van der Waals surface area contributed by atoms with Crippen molar-refractivity contribution in [2.75, 3.05) is 13.1 Å². The van der Waals surface area contributed by atoms with Gasteiger partial charge in [0.1, 0.15) is 0 Å². The third-order valence-electron chi connectivity index (χ3n) is 2.99. The first kappa shape index (κ1) is 11.5. The molecule has 1 saturated heterocycles. The second-order valence-electron chi connectivity index (χ2n) is 4.25. The minimum atomic E-state index is -0.793. The van der Waals surface area contributed by atoms with Gasteiger partial charge in [-0.1, -0.05) is 6.07 Å². The number of halogens is 2. The van der Waals surface area contributed by atoms with Gasteiger partial charge >= 0.3 is 0 Å². The van der Waals surface area contributed by atoms with Gasteiger partial charge in [0.15, 0.2) is 11.6 Å². The Bertz CT molecular complexity index is 362. The standard InChI is InChI=1S/C12H16F2N2/c1-8(16-10-4-5-15-7-10)9-2-3-11(13)12(14)6-9/h2-3,6,8,10,15-16H,4-5,7H2,1H3. The molecule has 2 atom stereocenters. The van der Waals surface area contributed by atoms with Crippen molar-refractivity contribution in [3.05, 3.63) is 35.4 Å². The summed E-state index contributed by atoms with van der Waals surface area (Å²) >= 11 is 0. The summed E-state index contributed by atoms with van der Waals surface area (Å²) in [5.41, 5.74) is 0.783. The lowest BCUT2D eigenvalue weighted by molar-refractivity contribution is 0.469. The van der Waals surface area contributed by atoms with Crippen molar-refractivity contribution >= 4 is 0 Å². The molecule has 0 radical (unpaired) electrons. The van der Waals surface area contributed by atoms with Gasteiger partial charge in [0.05, 0.1) is 0 Å². The summed E-state index contributed by atoms with van der Waals surface area (Å²) in [5, 5.41) is 6.64. The Morgan fingerprint density at radius 2 is 2.19 bits per heavy atom. The third kappa shape index (κ3) is 2.57. The van der Waals surface area contributed by atoms with E-state index < -0.39 is 11.6 Å². The minimum absolute atomic E-state index is 0.0417. The molecule has 2 unspecified atom stereocenters. The van der Waals surface area contributed by atoms with Gasteiger partial charge in [-0.05, 0) is 37.6 Å². The molecule has 4 heteroatoms. The molecule has 0 amide bonds. The molecule has 1 heterocycles. The molecule has 2 nitrogen and oxygen atoms in total. The van der Waals surface area contributed by atoms with Gasteiger partial charge in [-0.25, -0.2) is 8.78 Å². The first-order valence-electron chi connectivity index (χ1n) is 5.58. The molecule has 0 spiro atoms. The fourth-order valence-electron chi connectivity index (χ4n) is 2.03. The van der Waals surface area contributed by atoms with Crippen molar-refractivity contribution in [3.63, 3.8) is 0 Å². The van der Waals surface area contributed by atoms with Crippen LogP contribution in [0.25, 0.3) is 0 Å². The maximum Gasteiger partial charge on any atom is 0.159 e. The Hall–Kier alpha value is -1.00. The van der Waals surface area contributed by atoms with Gasteiger partial charge in [-0.15, -0.1) is 0 Å². The Morgan fingerprint density at radius 3 is 2.81 bits per heavy atom. The highest BCUT2D eigenvalue weighted by Crippen LogP contribution is 2.17. The Morgan fingerprint density at radius 1 is 1.38 bits per heavy atom. The summed E-state index contributed by atoms with van der Waals surface area (Å²) in [6.07, 6.45) is 1.08. The summed E-state index contributed by atoms with van der Waals surface area (Å²) in [6.45, 7) is 3.92. The van der Waals surface area contributed by atoms with E-state index in [1.807, 2.05) is 6.92 Å². The molecule has 88 valence electrons. The van der Waals surface area contributed by atoms with E-state index in [4.69, 9.17) is 0 Å². The topological polar surface area (TPSA) is 24.1 Å². The minimum Gasteiger partial charge on any atom is -0.315 e. The van der Waals surface area contributed by atoms with Gasteiger partial charge in [0.25, 0.3) is 0 Å². The molecule has 0 saturated carbocycles. The number of rotatable bonds is 3. The number of nitrogens with one attached hydrogen (secondary N) is 2. The maximum absolute atomic E-state index is 13.0. The quantitative estimate of drug-likeness (QED) is 0.823. The molecule has 1 fully saturated rings. The van der Waals surface area contributed by atoms with Crippen LogP contribution in [-0.4, -0.2) is 19.1 Å². The smallest absolute Gasteiger partial charge is 0.159 e. The molecular formula is C12H16F2N2. The zero-order chi connectivity index (χ0) is 11.5. The molecule has 0 aliphatic carbocycles. The fraction of sp³-hybridized carbons (Fsp3) is 0.500. The van der Waals surface area contributed by atoms with Crippen LogP contribution in [0.15, 0.2) is 18.2 Å². The van der Waals surface area contributed by atoms with Crippen LogP contribution in [0.5, 0.6) is 0 Å². The van der Waals surface area contributed by atoms with Gasteiger partial charge < -0.3 is 10.6 Å². The molecule has 1 aliphatic heterocycles. The predicted octanol–water partition coefficient (Wildman–Crippen LogP) is 1.98. The maximum atomic E-state index is 13.0. The highest BCUT2D eigenvalue weighted by molar-refractivity contribution is 5.21. The Kier molecular flexibility index (Phi) is 3.51. The molecule has 1 aromatic carbocycles. The average Bonchev–Trinajstić information content (AvgIpc) is 2.74. The number of benzene rings is 1. The zero-order valence-corrected chi connectivity index (χ0v) is 9.26. The first-order chi connectivity index (χ1) is 7.66. The van der Waals surface area contributed by atoms with Crippen molar-refractivity contribution < 1.29 is 8.78 Å². The molecular weight excluding hydrogens is 210 g/mol. The van der Waals surface area contributed by atoms with Crippen molar-refractivity contribution in [2.24, 2.45) is 0 Å². The summed E-state index contributed by atoms with van der Waals surface area (Å²) in [7, 11) is 0. The van der Waals surface area contributed by atoms with Gasteiger partial charge in [0.2, 0.25) is 0 Å².